The van der Waals surface area contributed by atoms with Crippen molar-refractivity contribution in [3.63, 3.8) is 0 Å². The van der Waals surface area contributed by atoms with Crippen LogP contribution >= 0.6 is 0 Å². The molecule has 0 aliphatic carbocycles. The summed E-state index contributed by atoms with van der Waals surface area (Å²) in [7, 11) is 0. The van der Waals surface area contributed by atoms with Gasteiger partial charge in [0.15, 0.2) is 0 Å². The number of aryl methyl sites for hydroxylation is 1. The molecule has 18 heavy (non-hydrogen) atoms. The molecule has 4 nitrogen and oxygen atoms in total. The second-order valence-electron chi connectivity index (χ2n) is 5.79. The van der Waals surface area contributed by atoms with E-state index in [9.17, 15) is 0 Å². The van der Waals surface area contributed by atoms with Gasteiger partial charge in [0.2, 0.25) is 0 Å². The second kappa shape index (κ2) is 5.00. The van der Waals surface area contributed by atoms with Crippen LogP contribution in [0.4, 0.5) is 0 Å². The summed E-state index contributed by atoms with van der Waals surface area (Å²) in [6, 6.07) is 0. The van der Waals surface area contributed by atoms with E-state index >= 15 is 0 Å². The molecule has 0 amide bonds. The summed E-state index contributed by atoms with van der Waals surface area (Å²) in [6.45, 7) is 5.68. The number of aromatic nitrogens is 3. The van der Waals surface area contributed by atoms with Gasteiger partial charge in [0.05, 0.1) is 0 Å². The molecule has 1 N–H and O–H groups in total. The number of fused-ring (bicyclic) bond motifs is 1. The topological polar surface area (TPSA) is 42.7 Å². The minimum atomic E-state index is 0.279. The van der Waals surface area contributed by atoms with Gasteiger partial charge >= 0.3 is 0 Å². The van der Waals surface area contributed by atoms with Crippen molar-refractivity contribution >= 4 is 0 Å². The molecule has 0 spiro atoms. The molecule has 0 saturated carbocycles. The van der Waals surface area contributed by atoms with Crippen LogP contribution in [-0.2, 0) is 18.4 Å². The Labute approximate surface area is 109 Å². The highest BCUT2D eigenvalue weighted by Crippen LogP contribution is 2.36. The van der Waals surface area contributed by atoms with E-state index in [1.165, 1.54) is 50.2 Å². The summed E-state index contributed by atoms with van der Waals surface area (Å²) >= 11 is 0. The van der Waals surface area contributed by atoms with Gasteiger partial charge in [0.1, 0.15) is 11.6 Å². The Morgan fingerprint density at radius 1 is 1.17 bits per heavy atom. The van der Waals surface area contributed by atoms with E-state index in [-0.39, 0.29) is 5.41 Å². The zero-order valence-electron chi connectivity index (χ0n) is 11.4. The van der Waals surface area contributed by atoms with Crippen LogP contribution in [0.3, 0.4) is 0 Å². The molecule has 1 fully saturated rings. The number of nitrogens with one attached hydrogen (secondary N) is 1. The molecule has 1 aromatic rings. The first-order valence-electron chi connectivity index (χ1n) is 7.49. The summed E-state index contributed by atoms with van der Waals surface area (Å²) in [5.41, 5.74) is 0.279. The first-order valence-corrected chi connectivity index (χ1v) is 7.49. The van der Waals surface area contributed by atoms with Gasteiger partial charge < -0.3 is 9.88 Å². The summed E-state index contributed by atoms with van der Waals surface area (Å²) < 4.78 is 2.45. The summed E-state index contributed by atoms with van der Waals surface area (Å²) in [4.78, 5) is 0. The van der Waals surface area contributed by atoms with Crippen molar-refractivity contribution < 1.29 is 0 Å². The minimum absolute atomic E-state index is 0.279. The van der Waals surface area contributed by atoms with Gasteiger partial charge in [-0.25, -0.2) is 0 Å². The van der Waals surface area contributed by atoms with Gasteiger partial charge in [-0.2, -0.15) is 0 Å². The van der Waals surface area contributed by atoms with Gasteiger partial charge in [0, 0.05) is 18.4 Å². The first kappa shape index (κ1) is 12.2. The van der Waals surface area contributed by atoms with E-state index in [1.807, 2.05) is 0 Å². The first-order chi connectivity index (χ1) is 8.86. The van der Waals surface area contributed by atoms with Crippen LogP contribution in [0, 0.1) is 0 Å². The molecule has 0 aromatic carbocycles. The van der Waals surface area contributed by atoms with Crippen LogP contribution in [-0.4, -0.2) is 27.9 Å². The molecule has 3 heterocycles. The number of piperidine rings is 1. The fourth-order valence-electron chi connectivity index (χ4n) is 3.52. The SMILES string of the molecule is CCC1(c2nnc3n2CCCCC3)CCNCC1. The Balaban J connectivity index is 1.97. The Bertz CT molecular complexity index is 404. The van der Waals surface area contributed by atoms with Gasteiger partial charge in [0.25, 0.3) is 0 Å². The lowest BCUT2D eigenvalue weighted by Gasteiger charge is -2.36. The van der Waals surface area contributed by atoms with Crippen LogP contribution < -0.4 is 5.32 Å². The average Bonchev–Trinajstić information content (AvgIpc) is 2.69. The molecule has 0 atom stereocenters. The smallest absolute Gasteiger partial charge is 0.139 e. The van der Waals surface area contributed by atoms with E-state index in [1.54, 1.807) is 0 Å². The third-order valence-electron chi connectivity index (χ3n) is 4.82. The maximum Gasteiger partial charge on any atom is 0.139 e. The maximum absolute atomic E-state index is 4.59. The highest BCUT2D eigenvalue weighted by molar-refractivity contribution is 5.13. The fourth-order valence-corrected chi connectivity index (χ4v) is 3.52. The molecule has 1 aromatic heterocycles. The number of hydrogen-bond donors (Lipinski definition) is 1. The second-order valence-corrected chi connectivity index (χ2v) is 5.79. The molecule has 100 valence electrons. The van der Waals surface area contributed by atoms with Crippen LogP contribution in [0.2, 0.25) is 0 Å². The normalized spacial score (nSPS) is 23.4. The predicted octanol–water partition coefficient (Wildman–Crippen LogP) is 2.04. The highest BCUT2D eigenvalue weighted by Gasteiger charge is 2.37. The quantitative estimate of drug-likeness (QED) is 0.871. The summed E-state index contributed by atoms with van der Waals surface area (Å²) in [5.74, 6) is 2.51. The van der Waals surface area contributed by atoms with Gasteiger partial charge in [-0.3, -0.25) is 0 Å². The van der Waals surface area contributed by atoms with E-state index in [0.717, 1.165) is 26.1 Å². The molecule has 4 heteroatoms. The molecule has 0 unspecified atom stereocenters. The van der Waals surface area contributed by atoms with Crippen LogP contribution in [0.1, 0.15) is 57.1 Å². The van der Waals surface area contributed by atoms with E-state index in [4.69, 9.17) is 0 Å². The third-order valence-corrected chi connectivity index (χ3v) is 4.82. The molecule has 2 aliphatic rings. The molecule has 0 radical (unpaired) electrons. The maximum atomic E-state index is 4.59. The zero-order chi connectivity index (χ0) is 12.4. The van der Waals surface area contributed by atoms with E-state index < -0.39 is 0 Å². The lowest BCUT2D eigenvalue weighted by Crippen LogP contribution is -2.41. The lowest BCUT2D eigenvalue weighted by atomic mass is 9.76. The average molecular weight is 248 g/mol. The van der Waals surface area contributed by atoms with E-state index in [0.29, 0.717) is 0 Å². The molecule has 1 saturated heterocycles. The third kappa shape index (κ3) is 1.96. The minimum Gasteiger partial charge on any atom is -0.317 e. The Morgan fingerprint density at radius 2 is 2.00 bits per heavy atom. The molecular weight excluding hydrogens is 224 g/mol. The number of hydrogen-bond acceptors (Lipinski definition) is 3. The van der Waals surface area contributed by atoms with Gasteiger partial charge in [-0.15, -0.1) is 10.2 Å². The van der Waals surface area contributed by atoms with E-state index in [2.05, 4.69) is 27.0 Å². The van der Waals surface area contributed by atoms with Crippen LogP contribution in [0.5, 0.6) is 0 Å². The van der Waals surface area contributed by atoms with Crippen molar-refractivity contribution in [2.24, 2.45) is 0 Å². The zero-order valence-corrected chi connectivity index (χ0v) is 11.4. The number of nitrogens with zero attached hydrogens (tertiary/aromatic N) is 3. The standard InChI is InChI=1S/C14H24N4/c1-2-14(7-9-15-10-8-14)13-17-16-12-6-4-3-5-11-18(12)13/h15H,2-11H2,1H3. The Morgan fingerprint density at radius 3 is 2.78 bits per heavy atom. The number of rotatable bonds is 2. The Kier molecular flexibility index (Phi) is 3.37. The van der Waals surface area contributed by atoms with Crippen molar-refractivity contribution in [1.29, 1.82) is 0 Å². The van der Waals surface area contributed by atoms with Crippen molar-refractivity contribution in [2.75, 3.05) is 13.1 Å². The van der Waals surface area contributed by atoms with Crippen molar-refractivity contribution in [3.05, 3.63) is 11.6 Å². The lowest BCUT2D eigenvalue weighted by molar-refractivity contribution is 0.271. The Hall–Kier alpha value is -0.900. The fraction of sp³-hybridized carbons (Fsp3) is 0.857. The van der Waals surface area contributed by atoms with Crippen molar-refractivity contribution in [3.8, 4) is 0 Å². The molecular formula is C14H24N4. The van der Waals surface area contributed by atoms with Crippen LogP contribution in [0.25, 0.3) is 0 Å². The predicted molar refractivity (Wildman–Crippen MR) is 71.6 cm³/mol. The summed E-state index contributed by atoms with van der Waals surface area (Å²) in [5, 5.41) is 12.5. The molecule has 0 bridgehead atoms. The highest BCUT2D eigenvalue weighted by atomic mass is 15.3. The van der Waals surface area contributed by atoms with Gasteiger partial charge in [-0.05, 0) is 45.2 Å². The molecule has 3 rings (SSSR count). The monoisotopic (exact) mass is 248 g/mol. The largest absolute Gasteiger partial charge is 0.317 e. The van der Waals surface area contributed by atoms with Crippen LogP contribution in [0.15, 0.2) is 0 Å². The van der Waals surface area contributed by atoms with Crippen molar-refractivity contribution in [1.82, 2.24) is 20.1 Å². The van der Waals surface area contributed by atoms with Gasteiger partial charge in [-0.1, -0.05) is 13.3 Å². The molecule has 2 aliphatic heterocycles. The summed E-state index contributed by atoms with van der Waals surface area (Å²) in [6.07, 6.45) is 8.62. The van der Waals surface area contributed by atoms with Crippen molar-refractivity contribution in [2.45, 2.75) is 63.8 Å².